The van der Waals surface area contributed by atoms with E-state index < -0.39 is 0 Å². The van der Waals surface area contributed by atoms with Crippen molar-refractivity contribution in [2.24, 2.45) is 0 Å². The SMILES string of the molecule is Cc1cc2c3ccccc3n(-c3ccccc3)c2cn1. The van der Waals surface area contributed by atoms with Gasteiger partial charge in [0.25, 0.3) is 0 Å². The Morgan fingerprint density at radius 2 is 1.55 bits per heavy atom. The summed E-state index contributed by atoms with van der Waals surface area (Å²) in [6.07, 6.45) is 1.97. The molecule has 0 atom stereocenters. The van der Waals surface area contributed by atoms with Crippen LogP contribution in [0.1, 0.15) is 5.69 Å². The maximum atomic E-state index is 4.47. The summed E-state index contributed by atoms with van der Waals surface area (Å²) < 4.78 is 2.27. The molecule has 2 heteroatoms. The summed E-state index contributed by atoms with van der Waals surface area (Å²) in [5.74, 6) is 0. The molecule has 0 aliphatic carbocycles. The predicted octanol–water partition coefficient (Wildman–Crippen LogP) is 4.49. The van der Waals surface area contributed by atoms with Crippen LogP contribution in [0.2, 0.25) is 0 Å². The summed E-state index contributed by atoms with van der Waals surface area (Å²) in [4.78, 5) is 4.47. The molecule has 2 aromatic carbocycles. The second kappa shape index (κ2) is 4.20. The minimum atomic E-state index is 1.05. The number of nitrogens with zero attached hydrogens (tertiary/aromatic N) is 2. The number of rotatable bonds is 1. The molecule has 0 spiro atoms. The van der Waals surface area contributed by atoms with Gasteiger partial charge in [-0.1, -0.05) is 36.4 Å². The fourth-order valence-corrected chi connectivity index (χ4v) is 2.83. The molecule has 0 bridgehead atoms. The summed E-state index contributed by atoms with van der Waals surface area (Å²) in [6, 6.07) is 21.1. The molecule has 0 aliphatic heterocycles. The van der Waals surface area contributed by atoms with Crippen molar-refractivity contribution in [1.29, 1.82) is 0 Å². The van der Waals surface area contributed by atoms with E-state index in [0.29, 0.717) is 0 Å². The normalized spacial score (nSPS) is 11.2. The van der Waals surface area contributed by atoms with Crippen LogP contribution >= 0.6 is 0 Å². The molecule has 96 valence electrons. The van der Waals surface area contributed by atoms with Crippen LogP contribution in [0.15, 0.2) is 66.9 Å². The van der Waals surface area contributed by atoms with Crippen molar-refractivity contribution in [2.75, 3.05) is 0 Å². The number of fused-ring (bicyclic) bond motifs is 3. The first-order valence-electron chi connectivity index (χ1n) is 6.76. The number of aromatic nitrogens is 2. The van der Waals surface area contributed by atoms with Gasteiger partial charge in [0.2, 0.25) is 0 Å². The number of pyridine rings is 1. The monoisotopic (exact) mass is 258 g/mol. The van der Waals surface area contributed by atoms with Gasteiger partial charge in [0, 0.05) is 22.2 Å². The lowest BCUT2D eigenvalue weighted by atomic mass is 10.2. The zero-order chi connectivity index (χ0) is 13.5. The van der Waals surface area contributed by atoms with E-state index in [0.717, 1.165) is 11.2 Å². The van der Waals surface area contributed by atoms with Crippen molar-refractivity contribution in [3.8, 4) is 5.69 Å². The van der Waals surface area contributed by atoms with Crippen LogP contribution in [0.25, 0.3) is 27.5 Å². The van der Waals surface area contributed by atoms with Gasteiger partial charge in [0.15, 0.2) is 0 Å². The topological polar surface area (TPSA) is 17.8 Å². The number of para-hydroxylation sites is 2. The number of hydrogen-bond acceptors (Lipinski definition) is 1. The molecule has 2 heterocycles. The first-order chi connectivity index (χ1) is 9.84. The summed E-state index contributed by atoms with van der Waals surface area (Å²) in [5.41, 5.74) is 4.60. The van der Waals surface area contributed by atoms with Gasteiger partial charge in [-0.05, 0) is 31.2 Å². The minimum Gasteiger partial charge on any atom is -0.308 e. The number of aryl methyl sites for hydroxylation is 1. The van der Waals surface area contributed by atoms with Gasteiger partial charge in [-0.3, -0.25) is 4.98 Å². The molecule has 4 aromatic rings. The maximum Gasteiger partial charge on any atom is 0.0724 e. The van der Waals surface area contributed by atoms with Crippen molar-refractivity contribution in [1.82, 2.24) is 9.55 Å². The van der Waals surface area contributed by atoms with E-state index in [-0.39, 0.29) is 0 Å². The first kappa shape index (κ1) is 11.2. The van der Waals surface area contributed by atoms with Crippen LogP contribution < -0.4 is 0 Å². The van der Waals surface area contributed by atoms with Crippen LogP contribution in [-0.2, 0) is 0 Å². The van der Waals surface area contributed by atoms with Gasteiger partial charge in [-0.25, -0.2) is 0 Å². The van der Waals surface area contributed by atoms with Crippen LogP contribution in [-0.4, -0.2) is 9.55 Å². The molecule has 4 rings (SSSR count). The highest BCUT2D eigenvalue weighted by atomic mass is 15.0. The van der Waals surface area contributed by atoms with Gasteiger partial charge >= 0.3 is 0 Å². The first-order valence-corrected chi connectivity index (χ1v) is 6.76. The Bertz CT molecular complexity index is 905. The van der Waals surface area contributed by atoms with E-state index in [1.165, 1.54) is 22.0 Å². The summed E-state index contributed by atoms with van der Waals surface area (Å²) in [7, 11) is 0. The fourth-order valence-electron chi connectivity index (χ4n) is 2.83. The van der Waals surface area contributed by atoms with E-state index >= 15 is 0 Å². The standard InChI is InChI=1S/C18H14N2/c1-13-11-16-15-9-5-6-10-17(15)20(18(16)12-19-13)14-7-3-2-4-8-14/h2-12H,1H3. The minimum absolute atomic E-state index is 1.05. The van der Waals surface area contributed by atoms with Crippen LogP contribution in [0.4, 0.5) is 0 Å². The van der Waals surface area contributed by atoms with Gasteiger partial charge < -0.3 is 4.57 Å². The zero-order valence-electron chi connectivity index (χ0n) is 11.2. The lowest BCUT2D eigenvalue weighted by Crippen LogP contribution is -1.93. The highest BCUT2D eigenvalue weighted by Crippen LogP contribution is 2.31. The fraction of sp³-hybridized carbons (Fsp3) is 0.0556. The highest BCUT2D eigenvalue weighted by Gasteiger charge is 2.11. The van der Waals surface area contributed by atoms with Gasteiger partial charge in [0.05, 0.1) is 17.2 Å². The predicted molar refractivity (Wildman–Crippen MR) is 83.3 cm³/mol. The van der Waals surface area contributed by atoms with E-state index in [1.54, 1.807) is 0 Å². The molecule has 2 aromatic heterocycles. The Labute approximate surface area is 117 Å². The second-order valence-electron chi connectivity index (χ2n) is 5.03. The zero-order valence-corrected chi connectivity index (χ0v) is 11.2. The molecule has 0 amide bonds. The second-order valence-corrected chi connectivity index (χ2v) is 5.03. The van der Waals surface area contributed by atoms with Crippen molar-refractivity contribution in [3.63, 3.8) is 0 Å². The Morgan fingerprint density at radius 3 is 2.40 bits per heavy atom. The molecule has 0 N–H and O–H groups in total. The molecule has 2 nitrogen and oxygen atoms in total. The molecule has 0 aliphatic rings. The average Bonchev–Trinajstić information content (AvgIpc) is 2.82. The molecule has 0 saturated carbocycles. The van der Waals surface area contributed by atoms with Crippen LogP contribution in [0, 0.1) is 6.92 Å². The Hall–Kier alpha value is -2.61. The van der Waals surface area contributed by atoms with Gasteiger partial charge in [-0.2, -0.15) is 0 Å². The summed E-state index contributed by atoms with van der Waals surface area (Å²) in [5, 5.41) is 2.54. The third-order valence-electron chi connectivity index (χ3n) is 3.71. The van der Waals surface area contributed by atoms with E-state index in [4.69, 9.17) is 0 Å². The quantitative estimate of drug-likeness (QED) is 0.492. The Morgan fingerprint density at radius 1 is 0.800 bits per heavy atom. The molecular weight excluding hydrogens is 244 g/mol. The van der Waals surface area contributed by atoms with Crippen molar-refractivity contribution < 1.29 is 0 Å². The number of hydrogen-bond donors (Lipinski definition) is 0. The molecular formula is C18H14N2. The molecule has 0 saturated heterocycles. The largest absolute Gasteiger partial charge is 0.308 e. The Kier molecular flexibility index (Phi) is 2.36. The smallest absolute Gasteiger partial charge is 0.0724 e. The summed E-state index contributed by atoms with van der Waals surface area (Å²) >= 11 is 0. The van der Waals surface area contributed by atoms with E-state index in [9.17, 15) is 0 Å². The third-order valence-corrected chi connectivity index (χ3v) is 3.71. The Balaban J connectivity index is 2.22. The lowest BCUT2D eigenvalue weighted by Gasteiger charge is -2.06. The highest BCUT2D eigenvalue weighted by molar-refractivity contribution is 6.09. The van der Waals surface area contributed by atoms with Crippen molar-refractivity contribution in [3.05, 3.63) is 72.6 Å². The lowest BCUT2D eigenvalue weighted by molar-refractivity contribution is 1.15. The van der Waals surface area contributed by atoms with Crippen molar-refractivity contribution >= 4 is 21.8 Å². The third kappa shape index (κ3) is 1.55. The van der Waals surface area contributed by atoms with Gasteiger partial charge in [-0.15, -0.1) is 0 Å². The van der Waals surface area contributed by atoms with Crippen LogP contribution in [0.3, 0.4) is 0 Å². The molecule has 20 heavy (non-hydrogen) atoms. The summed E-state index contributed by atoms with van der Waals surface area (Å²) in [6.45, 7) is 2.04. The van der Waals surface area contributed by atoms with E-state index in [1.807, 2.05) is 19.2 Å². The average molecular weight is 258 g/mol. The molecule has 0 fully saturated rings. The molecule has 0 radical (unpaired) electrons. The van der Waals surface area contributed by atoms with E-state index in [2.05, 4.69) is 64.1 Å². The van der Waals surface area contributed by atoms with Crippen molar-refractivity contribution in [2.45, 2.75) is 6.92 Å². The van der Waals surface area contributed by atoms with Crippen LogP contribution in [0.5, 0.6) is 0 Å². The maximum absolute atomic E-state index is 4.47. The van der Waals surface area contributed by atoms with Gasteiger partial charge in [0.1, 0.15) is 0 Å². The molecule has 0 unspecified atom stereocenters. The number of benzene rings is 2.